The maximum Gasteiger partial charge on any atom is 0.233 e. The van der Waals surface area contributed by atoms with Crippen molar-refractivity contribution in [2.24, 2.45) is 11.1 Å². The Morgan fingerprint density at radius 3 is 2.62 bits per heavy atom. The molecule has 21 heavy (non-hydrogen) atoms. The highest BCUT2D eigenvalue weighted by molar-refractivity contribution is 5.84. The Morgan fingerprint density at radius 1 is 1.43 bits per heavy atom. The van der Waals surface area contributed by atoms with Gasteiger partial charge in [0.05, 0.1) is 18.6 Å². The van der Waals surface area contributed by atoms with Crippen LogP contribution in [-0.4, -0.2) is 36.1 Å². The number of hydrogen-bond donors (Lipinski definition) is 1. The molecule has 2 unspecified atom stereocenters. The van der Waals surface area contributed by atoms with Crippen LogP contribution in [0.3, 0.4) is 0 Å². The molecule has 2 atom stereocenters. The van der Waals surface area contributed by atoms with Gasteiger partial charge in [-0.1, -0.05) is 12.1 Å². The molecule has 1 saturated heterocycles. The van der Waals surface area contributed by atoms with E-state index in [2.05, 4.69) is 0 Å². The molecule has 0 bridgehead atoms. The molecular weight excluding hydrogens is 271 g/mol. The van der Waals surface area contributed by atoms with Gasteiger partial charge in [0.2, 0.25) is 5.91 Å². The average Bonchev–Trinajstić information content (AvgIpc) is 3.25. The van der Waals surface area contributed by atoms with E-state index >= 15 is 0 Å². The summed E-state index contributed by atoms with van der Waals surface area (Å²) in [4.78, 5) is 14.8. The highest BCUT2D eigenvalue weighted by Gasteiger charge is 2.49. The van der Waals surface area contributed by atoms with E-state index < -0.39 is 5.41 Å². The van der Waals surface area contributed by atoms with E-state index in [0.29, 0.717) is 19.8 Å². The Hall–Kier alpha value is -1.46. The van der Waals surface area contributed by atoms with Gasteiger partial charge in [-0.3, -0.25) is 4.79 Å². The average molecular weight is 292 g/mol. The van der Waals surface area contributed by atoms with E-state index in [1.165, 1.54) is 12.1 Å². The number of nitrogens with two attached hydrogens (primary N) is 1. The number of nitrogens with zero attached hydrogens (tertiary/aromatic N) is 1. The minimum Gasteiger partial charge on any atom is -0.379 e. The molecule has 0 radical (unpaired) electrons. The third-order valence-corrected chi connectivity index (χ3v) is 4.52. The van der Waals surface area contributed by atoms with Gasteiger partial charge in [-0.25, -0.2) is 4.39 Å². The van der Waals surface area contributed by atoms with E-state index in [-0.39, 0.29) is 23.8 Å². The van der Waals surface area contributed by atoms with Gasteiger partial charge in [-0.2, -0.15) is 0 Å². The molecule has 1 saturated carbocycles. The first-order chi connectivity index (χ1) is 10.0. The summed E-state index contributed by atoms with van der Waals surface area (Å²) < 4.78 is 18.4. The van der Waals surface area contributed by atoms with Gasteiger partial charge >= 0.3 is 0 Å². The SMILES string of the molecule is CC1(C(=O)N(Cc2ccc(F)cc2)C2CC2)COCC1N. The van der Waals surface area contributed by atoms with Crippen molar-refractivity contribution < 1.29 is 13.9 Å². The summed E-state index contributed by atoms with van der Waals surface area (Å²) >= 11 is 0. The fraction of sp³-hybridized carbons (Fsp3) is 0.562. The van der Waals surface area contributed by atoms with Crippen molar-refractivity contribution in [2.75, 3.05) is 13.2 Å². The fourth-order valence-electron chi connectivity index (χ4n) is 2.78. The lowest BCUT2D eigenvalue weighted by molar-refractivity contribution is -0.143. The van der Waals surface area contributed by atoms with E-state index in [0.717, 1.165) is 18.4 Å². The molecule has 0 aromatic heterocycles. The van der Waals surface area contributed by atoms with Crippen LogP contribution in [0.4, 0.5) is 4.39 Å². The number of rotatable bonds is 4. The lowest BCUT2D eigenvalue weighted by Crippen LogP contribution is -2.51. The molecule has 1 amide bonds. The van der Waals surface area contributed by atoms with Crippen LogP contribution < -0.4 is 5.73 Å². The van der Waals surface area contributed by atoms with Gasteiger partial charge in [0.1, 0.15) is 5.82 Å². The number of ether oxygens (including phenoxy) is 1. The number of halogens is 1. The standard InChI is InChI=1S/C16H21FN2O2/c1-16(10-21-9-14(16)18)15(20)19(13-6-7-13)8-11-2-4-12(17)5-3-11/h2-5,13-14H,6-10,18H2,1H3. The Kier molecular flexibility index (Phi) is 3.71. The second-order valence-electron chi connectivity index (χ2n) is 6.33. The predicted molar refractivity (Wildman–Crippen MR) is 76.9 cm³/mol. The van der Waals surface area contributed by atoms with Crippen LogP contribution in [0.25, 0.3) is 0 Å². The number of hydrogen-bond acceptors (Lipinski definition) is 3. The lowest BCUT2D eigenvalue weighted by Gasteiger charge is -2.33. The molecule has 114 valence electrons. The summed E-state index contributed by atoms with van der Waals surface area (Å²) in [6.07, 6.45) is 2.05. The summed E-state index contributed by atoms with van der Waals surface area (Å²) in [5.74, 6) is -0.208. The number of amides is 1. The zero-order valence-corrected chi connectivity index (χ0v) is 12.2. The third-order valence-electron chi connectivity index (χ3n) is 4.52. The minimum absolute atomic E-state index is 0.0549. The molecular formula is C16H21FN2O2. The maximum absolute atomic E-state index is 13.0. The van der Waals surface area contributed by atoms with Crippen LogP contribution in [0, 0.1) is 11.2 Å². The Bertz CT molecular complexity index is 530. The van der Waals surface area contributed by atoms with E-state index in [1.807, 2.05) is 11.8 Å². The number of benzene rings is 1. The van der Waals surface area contributed by atoms with Crippen molar-refractivity contribution in [1.82, 2.24) is 4.90 Å². The second kappa shape index (κ2) is 5.39. The summed E-state index contributed by atoms with van der Waals surface area (Å²) in [6.45, 7) is 3.19. The molecule has 2 fully saturated rings. The van der Waals surface area contributed by atoms with Crippen LogP contribution >= 0.6 is 0 Å². The van der Waals surface area contributed by atoms with Crippen LogP contribution in [0.15, 0.2) is 24.3 Å². The van der Waals surface area contributed by atoms with Crippen molar-refractivity contribution in [1.29, 1.82) is 0 Å². The smallest absolute Gasteiger partial charge is 0.233 e. The first kappa shape index (κ1) is 14.5. The Balaban J connectivity index is 1.78. The molecule has 2 aliphatic rings. The van der Waals surface area contributed by atoms with Crippen LogP contribution in [-0.2, 0) is 16.1 Å². The molecule has 3 rings (SSSR count). The minimum atomic E-state index is -0.650. The largest absolute Gasteiger partial charge is 0.379 e. The molecule has 1 heterocycles. The summed E-state index contributed by atoms with van der Waals surface area (Å²) in [5.41, 5.74) is 6.35. The van der Waals surface area contributed by atoms with Crippen molar-refractivity contribution in [3.8, 4) is 0 Å². The number of carbonyl (C=O) groups is 1. The van der Waals surface area contributed by atoms with Crippen LogP contribution in [0.2, 0.25) is 0 Å². The van der Waals surface area contributed by atoms with Gasteiger partial charge in [-0.15, -0.1) is 0 Å². The molecule has 5 heteroatoms. The second-order valence-corrected chi connectivity index (χ2v) is 6.33. The maximum atomic E-state index is 13.0. The molecule has 2 N–H and O–H groups in total. The zero-order chi connectivity index (χ0) is 15.0. The van der Waals surface area contributed by atoms with E-state index in [4.69, 9.17) is 10.5 Å². The van der Waals surface area contributed by atoms with Crippen molar-refractivity contribution in [3.05, 3.63) is 35.6 Å². The molecule has 1 aliphatic heterocycles. The van der Waals surface area contributed by atoms with Crippen molar-refractivity contribution in [3.63, 3.8) is 0 Å². The molecule has 1 aliphatic carbocycles. The topological polar surface area (TPSA) is 55.6 Å². The van der Waals surface area contributed by atoms with Crippen LogP contribution in [0.1, 0.15) is 25.3 Å². The zero-order valence-electron chi connectivity index (χ0n) is 12.2. The van der Waals surface area contributed by atoms with E-state index in [1.54, 1.807) is 12.1 Å². The quantitative estimate of drug-likeness (QED) is 0.918. The highest BCUT2D eigenvalue weighted by atomic mass is 19.1. The molecule has 4 nitrogen and oxygen atoms in total. The predicted octanol–water partition coefficient (Wildman–Crippen LogP) is 1.68. The van der Waals surface area contributed by atoms with Crippen LogP contribution in [0.5, 0.6) is 0 Å². The van der Waals surface area contributed by atoms with Gasteiger partial charge < -0.3 is 15.4 Å². The molecule has 0 spiro atoms. The molecule has 1 aromatic carbocycles. The van der Waals surface area contributed by atoms with Gasteiger partial charge in [0, 0.05) is 18.6 Å². The lowest BCUT2D eigenvalue weighted by atomic mass is 9.84. The Morgan fingerprint density at radius 2 is 2.10 bits per heavy atom. The van der Waals surface area contributed by atoms with Gasteiger partial charge in [0.25, 0.3) is 0 Å². The van der Waals surface area contributed by atoms with Crippen molar-refractivity contribution in [2.45, 2.75) is 38.4 Å². The summed E-state index contributed by atoms with van der Waals surface area (Å²) in [7, 11) is 0. The van der Waals surface area contributed by atoms with Crippen molar-refractivity contribution >= 4 is 5.91 Å². The molecule has 1 aromatic rings. The van der Waals surface area contributed by atoms with Gasteiger partial charge in [-0.05, 0) is 37.5 Å². The fourth-order valence-corrected chi connectivity index (χ4v) is 2.78. The monoisotopic (exact) mass is 292 g/mol. The normalized spacial score (nSPS) is 28.6. The first-order valence-electron chi connectivity index (χ1n) is 7.39. The summed E-state index contributed by atoms with van der Waals surface area (Å²) in [5, 5.41) is 0. The first-order valence-corrected chi connectivity index (χ1v) is 7.39. The van der Waals surface area contributed by atoms with E-state index in [9.17, 15) is 9.18 Å². The van der Waals surface area contributed by atoms with Gasteiger partial charge in [0.15, 0.2) is 0 Å². The third kappa shape index (κ3) is 2.80. The Labute approximate surface area is 124 Å². The highest BCUT2D eigenvalue weighted by Crippen LogP contribution is 2.36. The number of carbonyl (C=O) groups excluding carboxylic acids is 1. The summed E-state index contributed by atoms with van der Waals surface area (Å²) in [6, 6.07) is 6.33.